The fourth-order valence-corrected chi connectivity index (χ4v) is 1.87. The van der Waals surface area contributed by atoms with Crippen LogP contribution in [0.25, 0.3) is 0 Å². The maximum absolute atomic E-state index is 11.6. The van der Waals surface area contributed by atoms with Gasteiger partial charge in [-0.15, -0.1) is 0 Å². The van der Waals surface area contributed by atoms with Crippen molar-refractivity contribution < 1.29 is 19.4 Å². The van der Waals surface area contributed by atoms with Crippen molar-refractivity contribution >= 4 is 12.1 Å². The van der Waals surface area contributed by atoms with E-state index >= 15 is 0 Å². The molecule has 1 atom stereocenters. The fourth-order valence-electron chi connectivity index (χ4n) is 1.87. The van der Waals surface area contributed by atoms with Gasteiger partial charge in [-0.3, -0.25) is 4.79 Å². The molecule has 5 heteroatoms. The van der Waals surface area contributed by atoms with Crippen molar-refractivity contribution in [1.29, 1.82) is 0 Å². The lowest BCUT2D eigenvalue weighted by Gasteiger charge is -2.21. The van der Waals surface area contributed by atoms with Gasteiger partial charge in [-0.1, -0.05) is 24.3 Å². The summed E-state index contributed by atoms with van der Waals surface area (Å²) in [5, 5.41) is 11.8. The third kappa shape index (κ3) is 6.29. The third-order valence-corrected chi connectivity index (χ3v) is 2.97. The van der Waals surface area contributed by atoms with Crippen molar-refractivity contribution in [2.24, 2.45) is 5.92 Å². The molecule has 0 heterocycles. The Morgan fingerprint density at radius 1 is 1.29 bits per heavy atom. The largest absolute Gasteiger partial charge is 0.481 e. The van der Waals surface area contributed by atoms with Gasteiger partial charge < -0.3 is 15.2 Å². The van der Waals surface area contributed by atoms with Gasteiger partial charge in [0.2, 0.25) is 0 Å². The molecule has 0 fully saturated rings. The molecule has 0 aliphatic heterocycles. The molecule has 1 aromatic rings. The van der Waals surface area contributed by atoms with E-state index in [9.17, 15) is 14.7 Å². The van der Waals surface area contributed by atoms with Gasteiger partial charge >= 0.3 is 12.1 Å². The number of alkyl carbamates (subject to hydrolysis) is 1. The molecule has 0 aliphatic carbocycles. The first-order chi connectivity index (χ1) is 9.69. The van der Waals surface area contributed by atoms with Crippen LogP contribution in [-0.2, 0) is 16.0 Å². The lowest BCUT2D eigenvalue weighted by Crippen LogP contribution is -2.37. The summed E-state index contributed by atoms with van der Waals surface area (Å²) >= 11 is 0. The van der Waals surface area contributed by atoms with Gasteiger partial charge in [0.25, 0.3) is 0 Å². The first kappa shape index (κ1) is 17.0. The molecule has 0 radical (unpaired) electrons. The molecule has 5 nitrogen and oxygen atoms in total. The summed E-state index contributed by atoms with van der Waals surface area (Å²) in [7, 11) is 0. The second-order valence-electron chi connectivity index (χ2n) is 6.05. The number of rotatable bonds is 5. The Morgan fingerprint density at radius 3 is 2.43 bits per heavy atom. The molecule has 1 amide bonds. The predicted molar refractivity (Wildman–Crippen MR) is 80.2 cm³/mol. The molecule has 2 N–H and O–H groups in total. The zero-order valence-electron chi connectivity index (χ0n) is 13.0. The molecule has 0 unspecified atom stereocenters. The Morgan fingerprint density at radius 2 is 1.90 bits per heavy atom. The predicted octanol–water partition coefficient (Wildman–Crippen LogP) is 2.76. The van der Waals surface area contributed by atoms with Gasteiger partial charge in [0.1, 0.15) is 5.60 Å². The van der Waals surface area contributed by atoms with Crippen LogP contribution in [0.5, 0.6) is 0 Å². The van der Waals surface area contributed by atoms with Gasteiger partial charge in [-0.25, -0.2) is 4.79 Å². The van der Waals surface area contributed by atoms with E-state index in [1.54, 1.807) is 20.8 Å². The van der Waals surface area contributed by atoms with E-state index in [0.717, 1.165) is 11.1 Å². The maximum Gasteiger partial charge on any atom is 0.407 e. The van der Waals surface area contributed by atoms with Crippen molar-refractivity contribution in [3.8, 4) is 0 Å². The number of amides is 1. The van der Waals surface area contributed by atoms with E-state index in [1.807, 2.05) is 31.2 Å². The molecular weight excluding hydrogens is 270 g/mol. The lowest BCUT2D eigenvalue weighted by atomic mass is 9.96. The van der Waals surface area contributed by atoms with Gasteiger partial charge in [0.05, 0.1) is 5.92 Å². The standard InChI is InChI=1S/C16H23NO4/c1-11-7-5-6-8-12(11)9-13(14(18)19)10-17-15(20)21-16(2,3)4/h5-8,13H,9-10H2,1-4H3,(H,17,20)(H,18,19)/t13-/m1/s1. The van der Waals surface area contributed by atoms with Crippen LogP contribution < -0.4 is 5.32 Å². The van der Waals surface area contributed by atoms with Crippen LogP contribution in [0.1, 0.15) is 31.9 Å². The van der Waals surface area contributed by atoms with Crippen LogP contribution in [-0.4, -0.2) is 29.3 Å². The number of carboxylic acids is 1. The van der Waals surface area contributed by atoms with Gasteiger partial charge in [-0.05, 0) is 45.2 Å². The third-order valence-electron chi connectivity index (χ3n) is 2.97. The highest BCUT2D eigenvalue weighted by molar-refractivity contribution is 5.73. The number of hydrogen-bond acceptors (Lipinski definition) is 3. The smallest absolute Gasteiger partial charge is 0.407 e. The first-order valence-corrected chi connectivity index (χ1v) is 6.93. The quantitative estimate of drug-likeness (QED) is 0.875. The monoisotopic (exact) mass is 293 g/mol. The van der Waals surface area contributed by atoms with E-state index in [1.165, 1.54) is 0 Å². The summed E-state index contributed by atoms with van der Waals surface area (Å²) in [5.41, 5.74) is 1.41. The highest BCUT2D eigenvalue weighted by atomic mass is 16.6. The van der Waals surface area contributed by atoms with E-state index in [4.69, 9.17) is 4.74 Å². The number of aliphatic carboxylic acids is 1. The zero-order valence-corrected chi connectivity index (χ0v) is 13.0. The second-order valence-corrected chi connectivity index (χ2v) is 6.05. The summed E-state index contributed by atoms with van der Waals surface area (Å²) in [6.07, 6.45) is -0.226. The minimum atomic E-state index is -0.936. The highest BCUT2D eigenvalue weighted by Crippen LogP contribution is 2.14. The zero-order chi connectivity index (χ0) is 16.0. The average molecular weight is 293 g/mol. The topological polar surface area (TPSA) is 75.6 Å². The van der Waals surface area contributed by atoms with Crippen molar-refractivity contribution in [2.45, 2.75) is 39.7 Å². The van der Waals surface area contributed by atoms with Gasteiger partial charge in [-0.2, -0.15) is 0 Å². The van der Waals surface area contributed by atoms with Gasteiger partial charge in [0, 0.05) is 6.54 Å². The molecule has 0 spiro atoms. The maximum atomic E-state index is 11.6. The molecule has 0 aromatic heterocycles. The molecular formula is C16H23NO4. The van der Waals surface area contributed by atoms with Crippen LogP contribution in [0, 0.1) is 12.8 Å². The number of carbonyl (C=O) groups excluding carboxylic acids is 1. The summed E-state index contributed by atoms with van der Waals surface area (Å²) in [5.74, 6) is -1.62. The summed E-state index contributed by atoms with van der Waals surface area (Å²) in [4.78, 5) is 22.9. The summed E-state index contributed by atoms with van der Waals surface area (Å²) in [6, 6.07) is 7.63. The number of ether oxygens (including phenoxy) is 1. The molecule has 0 bridgehead atoms. The van der Waals surface area contributed by atoms with Crippen LogP contribution in [0.3, 0.4) is 0 Å². The molecule has 1 aromatic carbocycles. The van der Waals surface area contributed by atoms with Crippen molar-refractivity contribution in [3.63, 3.8) is 0 Å². The van der Waals surface area contributed by atoms with Crippen molar-refractivity contribution in [2.75, 3.05) is 6.54 Å². The van der Waals surface area contributed by atoms with E-state index < -0.39 is 23.6 Å². The number of benzene rings is 1. The lowest BCUT2D eigenvalue weighted by molar-refractivity contribution is -0.141. The van der Waals surface area contributed by atoms with E-state index in [2.05, 4.69) is 5.32 Å². The Labute approximate surface area is 125 Å². The number of aryl methyl sites for hydroxylation is 1. The number of carboxylic acid groups (broad SMARTS) is 1. The highest BCUT2D eigenvalue weighted by Gasteiger charge is 2.22. The molecule has 0 saturated heterocycles. The number of carbonyl (C=O) groups is 2. The summed E-state index contributed by atoms with van der Waals surface area (Å²) in [6.45, 7) is 7.26. The van der Waals surface area contributed by atoms with Gasteiger partial charge in [0.15, 0.2) is 0 Å². The van der Waals surface area contributed by atoms with E-state index in [-0.39, 0.29) is 6.54 Å². The molecule has 0 aliphatic rings. The molecule has 1 rings (SSSR count). The SMILES string of the molecule is Cc1ccccc1C[C@H](CNC(=O)OC(C)(C)C)C(=O)O. The molecule has 116 valence electrons. The molecule has 0 saturated carbocycles. The average Bonchev–Trinajstić information content (AvgIpc) is 2.34. The number of nitrogens with one attached hydrogen (secondary N) is 1. The van der Waals surface area contributed by atoms with Crippen molar-refractivity contribution in [1.82, 2.24) is 5.32 Å². The summed E-state index contributed by atoms with van der Waals surface area (Å²) < 4.78 is 5.10. The second kappa shape index (κ2) is 7.11. The number of hydrogen-bond donors (Lipinski definition) is 2. The van der Waals surface area contributed by atoms with Crippen LogP contribution in [0.4, 0.5) is 4.79 Å². The van der Waals surface area contributed by atoms with Crippen molar-refractivity contribution in [3.05, 3.63) is 35.4 Å². The van der Waals surface area contributed by atoms with Crippen LogP contribution in [0.2, 0.25) is 0 Å². The molecule has 21 heavy (non-hydrogen) atoms. The first-order valence-electron chi connectivity index (χ1n) is 6.93. The Bertz CT molecular complexity index is 505. The minimum Gasteiger partial charge on any atom is -0.481 e. The van der Waals surface area contributed by atoms with Crippen LogP contribution >= 0.6 is 0 Å². The minimum absolute atomic E-state index is 0.0403. The van der Waals surface area contributed by atoms with Crippen LogP contribution in [0.15, 0.2) is 24.3 Å². The Kier molecular flexibility index (Phi) is 5.76. The Hall–Kier alpha value is -2.04. The van der Waals surface area contributed by atoms with E-state index in [0.29, 0.717) is 6.42 Å². The normalized spacial score (nSPS) is 12.6. The Balaban J connectivity index is 2.61. The fraction of sp³-hybridized carbons (Fsp3) is 0.500.